The van der Waals surface area contributed by atoms with Gasteiger partial charge in [-0.15, -0.1) is 0 Å². The fourth-order valence-corrected chi connectivity index (χ4v) is 3.65. The molecule has 2 aliphatic heterocycles. The summed E-state index contributed by atoms with van der Waals surface area (Å²) in [5, 5.41) is 17.7. The van der Waals surface area contributed by atoms with Crippen molar-refractivity contribution in [2.24, 2.45) is 10.1 Å². The summed E-state index contributed by atoms with van der Waals surface area (Å²) < 4.78 is 44.1. The van der Waals surface area contributed by atoms with Crippen molar-refractivity contribution in [2.45, 2.75) is 44.5 Å². The maximum absolute atomic E-state index is 13.0. The number of benzene rings is 1. The van der Waals surface area contributed by atoms with Gasteiger partial charge < -0.3 is 9.64 Å². The van der Waals surface area contributed by atoms with Gasteiger partial charge >= 0.3 is 6.18 Å². The molecule has 0 aliphatic carbocycles. The summed E-state index contributed by atoms with van der Waals surface area (Å²) in [5.41, 5.74) is 0.187. The second-order valence-corrected chi connectivity index (χ2v) is 7.63. The van der Waals surface area contributed by atoms with Crippen LogP contribution >= 0.6 is 0 Å². The monoisotopic (exact) mass is 450 g/mol. The van der Waals surface area contributed by atoms with Crippen LogP contribution in [0.4, 0.5) is 13.2 Å². The normalized spacial score (nSPS) is 20.4. The van der Waals surface area contributed by atoms with Gasteiger partial charge in [-0.2, -0.15) is 23.5 Å². The first-order chi connectivity index (χ1) is 15.2. The van der Waals surface area contributed by atoms with Crippen molar-refractivity contribution >= 4 is 17.6 Å². The summed E-state index contributed by atoms with van der Waals surface area (Å²) in [4.78, 5) is 18.5. The Bertz CT molecular complexity index is 923. The molecule has 32 heavy (non-hydrogen) atoms. The molecule has 1 N–H and O–H groups in total. The zero-order valence-electron chi connectivity index (χ0n) is 17.9. The fourth-order valence-electron chi connectivity index (χ4n) is 3.65. The first kappa shape index (κ1) is 23.5. The van der Waals surface area contributed by atoms with Gasteiger partial charge in [0.15, 0.2) is 6.19 Å². The van der Waals surface area contributed by atoms with Crippen LogP contribution in [0.3, 0.4) is 0 Å². The number of halogens is 3. The van der Waals surface area contributed by atoms with Crippen LogP contribution in [-0.4, -0.2) is 66.4 Å². The van der Waals surface area contributed by atoms with Crippen LogP contribution < -0.4 is 5.32 Å². The fraction of sp³-hybridized carbons (Fsp3) is 0.524. The number of nitriles is 1. The number of guanidine groups is 1. The SMILES string of the molecule is COC(C)CCN=C(NC#N)N1CC(N2CCCC2=O)C(c2ccc(C(F)(F)F)cc2)=N1. The third kappa shape index (κ3) is 5.37. The molecule has 0 bridgehead atoms. The predicted octanol–water partition coefficient (Wildman–Crippen LogP) is 2.57. The molecule has 2 aliphatic rings. The highest BCUT2D eigenvalue weighted by atomic mass is 19.4. The van der Waals surface area contributed by atoms with E-state index < -0.39 is 17.8 Å². The Labute approximate surface area is 184 Å². The Hall–Kier alpha value is -3.13. The number of aliphatic imine (C=N–C) groups is 1. The third-order valence-electron chi connectivity index (χ3n) is 5.50. The molecule has 0 spiro atoms. The molecule has 172 valence electrons. The topological polar surface area (TPSA) is 93.3 Å². The van der Waals surface area contributed by atoms with Gasteiger partial charge in [-0.3, -0.25) is 15.1 Å². The summed E-state index contributed by atoms with van der Waals surface area (Å²) in [6.07, 6.45) is -0.855. The van der Waals surface area contributed by atoms with Gasteiger partial charge in [0.05, 0.1) is 30.0 Å². The van der Waals surface area contributed by atoms with Gasteiger partial charge in [0.1, 0.15) is 0 Å². The van der Waals surface area contributed by atoms with E-state index in [1.54, 1.807) is 12.0 Å². The van der Waals surface area contributed by atoms with Gasteiger partial charge in [-0.05, 0) is 37.5 Å². The number of alkyl halides is 3. The van der Waals surface area contributed by atoms with E-state index in [9.17, 15) is 18.0 Å². The molecule has 0 saturated carbocycles. The number of carbonyl (C=O) groups is 1. The molecule has 1 aromatic rings. The van der Waals surface area contributed by atoms with E-state index in [1.807, 2.05) is 13.1 Å². The predicted molar refractivity (Wildman–Crippen MR) is 112 cm³/mol. The van der Waals surface area contributed by atoms with E-state index in [0.717, 1.165) is 12.1 Å². The van der Waals surface area contributed by atoms with E-state index in [0.29, 0.717) is 43.6 Å². The number of rotatable bonds is 6. The second kappa shape index (κ2) is 9.99. The molecule has 3 rings (SSSR count). The Kier molecular flexibility index (Phi) is 7.35. The summed E-state index contributed by atoms with van der Waals surface area (Å²) >= 11 is 0. The van der Waals surface area contributed by atoms with Crippen LogP contribution in [0.5, 0.6) is 0 Å². The first-order valence-electron chi connectivity index (χ1n) is 10.3. The molecular formula is C21H25F3N6O2. The second-order valence-electron chi connectivity index (χ2n) is 7.63. The molecule has 0 radical (unpaired) electrons. The Morgan fingerprint density at radius 1 is 1.41 bits per heavy atom. The van der Waals surface area contributed by atoms with E-state index in [4.69, 9.17) is 10.00 Å². The molecular weight excluding hydrogens is 425 g/mol. The average Bonchev–Trinajstić information content (AvgIpc) is 3.38. The zero-order chi connectivity index (χ0) is 23.3. The summed E-state index contributed by atoms with van der Waals surface area (Å²) in [6.45, 7) is 3.07. The zero-order valence-corrected chi connectivity index (χ0v) is 17.9. The van der Waals surface area contributed by atoms with Crippen molar-refractivity contribution in [1.29, 1.82) is 5.26 Å². The maximum atomic E-state index is 13.0. The lowest BCUT2D eigenvalue weighted by Gasteiger charge is -2.25. The molecule has 1 fully saturated rings. The Morgan fingerprint density at radius 3 is 2.69 bits per heavy atom. The summed E-state index contributed by atoms with van der Waals surface area (Å²) in [6, 6.07) is 4.25. The van der Waals surface area contributed by atoms with Crippen LogP contribution in [0, 0.1) is 11.5 Å². The number of nitrogens with zero attached hydrogens (tertiary/aromatic N) is 5. The van der Waals surface area contributed by atoms with Crippen molar-refractivity contribution in [2.75, 3.05) is 26.7 Å². The number of amides is 1. The standard InChI is InChI=1S/C21H25F3N6O2/c1-14(32-2)9-10-26-20(27-13-25)30-12-17(29-11-3-4-18(29)31)19(28-30)15-5-7-16(8-6-15)21(22,23)24/h5-8,14,17H,3-4,9-12H2,1-2H3,(H,26,27). The molecule has 1 amide bonds. The molecule has 2 atom stereocenters. The van der Waals surface area contributed by atoms with E-state index in [2.05, 4.69) is 15.4 Å². The van der Waals surface area contributed by atoms with Crippen LogP contribution in [0.25, 0.3) is 0 Å². The highest BCUT2D eigenvalue weighted by Gasteiger charge is 2.39. The number of hydrogen-bond acceptors (Lipinski definition) is 5. The summed E-state index contributed by atoms with van der Waals surface area (Å²) in [7, 11) is 1.60. The average molecular weight is 450 g/mol. The number of nitrogens with one attached hydrogen (secondary N) is 1. The quantitative estimate of drug-likeness (QED) is 0.311. The number of hydrogen-bond donors (Lipinski definition) is 1. The molecule has 2 heterocycles. The minimum absolute atomic E-state index is 0.0122. The highest BCUT2D eigenvalue weighted by Crippen LogP contribution is 2.30. The minimum atomic E-state index is -4.44. The van der Waals surface area contributed by atoms with Crippen LogP contribution in [0.15, 0.2) is 34.4 Å². The lowest BCUT2D eigenvalue weighted by molar-refractivity contribution is -0.137. The van der Waals surface area contributed by atoms with Crippen LogP contribution in [-0.2, 0) is 15.7 Å². The van der Waals surface area contributed by atoms with Crippen molar-refractivity contribution in [3.8, 4) is 6.19 Å². The van der Waals surface area contributed by atoms with Crippen LogP contribution in [0.2, 0.25) is 0 Å². The van der Waals surface area contributed by atoms with Crippen LogP contribution in [0.1, 0.15) is 37.3 Å². The third-order valence-corrected chi connectivity index (χ3v) is 5.50. The molecule has 8 nitrogen and oxygen atoms in total. The van der Waals surface area contributed by atoms with E-state index in [-0.39, 0.29) is 24.5 Å². The lowest BCUT2D eigenvalue weighted by Crippen LogP contribution is -2.45. The Balaban J connectivity index is 1.91. The smallest absolute Gasteiger partial charge is 0.382 e. The van der Waals surface area contributed by atoms with Crippen molar-refractivity contribution < 1.29 is 22.7 Å². The summed E-state index contributed by atoms with van der Waals surface area (Å²) in [5.74, 6) is 0.187. The largest absolute Gasteiger partial charge is 0.416 e. The van der Waals surface area contributed by atoms with Gasteiger partial charge in [-0.25, -0.2) is 5.01 Å². The molecule has 11 heteroatoms. The molecule has 2 unspecified atom stereocenters. The number of carbonyl (C=O) groups excluding carboxylic acids is 1. The Morgan fingerprint density at radius 2 is 2.12 bits per heavy atom. The van der Waals surface area contributed by atoms with E-state index >= 15 is 0 Å². The highest BCUT2D eigenvalue weighted by molar-refractivity contribution is 6.08. The molecule has 0 aromatic heterocycles. The number of methoxy groups -OCH3 is 1. The first-order valence-corrected chi connectivity index (χ1v) is 10.3. The lowest BCUT2D eigenvalue weighted by atomic mass is 10.0. The van der Waals surface area contributed by atoms with Crippen molar-refractivity contribution in [3.05, 3.63) is 35.4 Å². The number of ether oxygens (including phenoxy) is 1. The van der Waals surface area contributed by atoms with Gasteiger partial charge in [-0.1, -0.05) is 12.1 Å². The van der Waals surface area contributed by atoms with Gasteiger partial charge in [0.25, 0.3) is 0 Å². The number of hydrazone groups is 1. The maximum Gasteiger partial charge on any atom is 0.416 e. The van der Waals surface area contributed by atoms with E-state index in [1.165, 1.54) is 17.1 Å². The molecule has 1 saturated heterocycles. The van der Waals surface area contributed by atoms with Gasteiger partial charge in [0, 0.05) is 26.6 Å². The van der Waals surface area contributed by atoms with Crippen molar-refractivity contribution in [1.82, 2.24) is 15.2 Å². The van der Waals surface area contributed by atoms with Crippen molar-refractivity contribution in [3.63, 3.8) is 0 Å². The number of likely N-dealkylation sites (tertiary alicyclic amines) is 1. The minimum Gasteiger partial charge on any atom is -0.382 e. The molecule has 1 aromatic carbocycles. The van der Waals surface area contributed by atoms with Gasteiger partial charge in [0.2, 0.25) is 11.9 Å².